The summed E-state index contributed by atoms with van der Waals surface area (Å²) in [6.07, 6.45) is 3.78. The van der Waals surface area contributed by atoms with E-state index < -0.39 is 5.60 Å². The first-order valence-corrected chi connectivity index (χ1v) is 13.1. The number of methoxy groups -OCH3 is 3. The van der Waals surface area contributed by atoms with Crippen LogP contribution in [0.2, 0.25) is 0 Å². The highest BCUT2D eigenvalue weighted by atomic mass is 16.5. The number of ether oxygens (including phenoxy) is 3. The third-order valence-corrected chi connectivity index (χ3v) is 8.57. The zero-order valence-electron chi connectivity index (χ0n) is 21.7. The number of nitrogens with one attached hydrogen (secondary N) is 1. The number of hydrogen-bond donors (Lipinski definition) is 2. The first kappa shape index (κ1) is 25.4. The number of aliphatic hydroxyl groups is 1. The molecular weight excluding hydrogens is 472 g/mol. The Kier molecular flexibility index (Phi) is 7.03. The van der Waals surface area contributed by atoms with Crippen LogP contribution in [0.1, 0.15) is 41.6 Å². The Bertz CT molecular complexity index is 1110. The van der Waals surface area contributed by atoms with Crippen LogP contribution in [0.5, 0.6) is 17.2 Å². The van der Waals surface area contributed by atoms with Gasteiger partial charge in [0.25, 0.3) is 11.8 Å². The third kappa shape index (κ3) is 4.52. The molecule has 5 rings (SSSR count). The lowest BCUT2D eigenvalue weighted by atomic mass is 9.79. The molecule has 1 unspecified atom stereocenters. The van der Waals surface area contributed by atoms with Crippen molar-refractivity contribution in [1.82, 2.24) is 10.2 Å². The molecule has 2 saturated carbocycles. The molecule has 2 amide bonds. The Balaban J connectivity index is 1.20. The highest BCUT2D eigenvalue weighted by Gasteiger charge is 2.57. The topological polar surface area (TPSA) is 97.3 Å². The van der Waals surface area contributed by atoms with E-state index in [0.717, 1.165) is 25.7 Å². The number of fused-ring (bicyclic) bond motifs is 1. The van der Waals surface area contributed by atoms with Gasteiger partial charge in [-0.2, -0.15) is 0 Å². The van der Waals surface area contributed by atoms with Crippen molar-refractivity contribution in [2.75, 3.05) is 41.0 Å². The molecule has 37 heavy (non-hydrogen) atoms. The molecule has 4 atom stereocenters. The highest BCUT2D eigenvalue weighted by molar-refractivity contribution is 5.96. The Morgan fingerprint density at radius 1 is 0.973 bits per heavy atom. The Hall–Kier alpha value is -3.26. The molecular formula is C29H36N2O6. The van der Waals surface area contributed by atoms with Crippen molar-refractivity contribution in [2.24, 2.45) is 23.7 Å². The summed E-state index contributed by atoms with van der Waals surface area (Å²) in [5.74, 6) is 1.91. The minimum Gasteiger partial charge on any atom is -0.493 e. The minimum atomic E-state index is -1.50. The molecule has 1 heterocycles. The van der Waals surface area contributed by atoms with Crippen LogP contribution in [0.4, 0.5) is 0 Å². The summed E-state index contributed by atoms with van der Waals surface area (Å²) in [7, 11) is 4.59. The Morgan fingerprint density at radius 2 is 1.57 bits per heavy atom. The lowest BCUT2D eigenvalue weighted by Crippen LogP contribution is -2.49. The summed E-state index contributed by atoms with van der Waals surface area (Å²) in [6.45, 7) is 1.81. The molecule has 0 bridgehead atoms. The first-order chi connectivity index (χ1) is 17.9. The number of likely N-dealkylation sites (tertiary alicyclic amines) is 1. The fourth-order valence-electron chi connectivity index (χ4n) is 6.44. The Labute approximate surface area is 217 Å². The molecule has 2 N–H and O–H groups in total. The van der Waals surface area contributed by atoms with Crippen molar-refractivity contribution in [2.45, 2.75) is 31.3 Å². The van der Waals surface area contributed by atoms with Gasteiger partial charge in [-0.05, 0) is 48.3 Å². The number of rotatable bonds is 9. The molecule has 1 saturated heterocycles. The van der Waals surface area contributed by atoms with Crippen molar-refractivity contribution < 1.29 is 28.9 Å². The highest BCUT2D eigenvalue weighted by Crippen LogP contribution is 2.52. The smallest absolute Gasteiger partial charge is 0.256 e. The fraction of sp³-hybridized carbons (Fsp3) is 0.517. The number of carbonyl (C=O) groups is 2. The maximum atomic E-state index is 13.4. The summed E-state index contributed by atoms with van der Waals surface area (Å²) in [5.41, 5.74) is -0.348. The minimum absolute atomic E-state index is 0.0693. The molecule has 1 aliphatic heterocycles. The van der Waals surface area contributed by atoms with E-state index in [1.54, 1.807) is 12.1 Å². The number of carbonyl (C=O) groups excluding carboxylic acids is 2. The molecule has 3 aliphatic rings. The van der Waals surface area contributed by atoms with Gasteiger partial charge in [0.1, 0.15) is 0 Å². The van der Waals surface area contributed by atoms with E-state index in [9.17, 15) is 14.7 Å². The van der Waals surface area contributed by atoms with Gasteiger partial charge < -0.3 is 29.5 Å². The third-order valence-electron chi connectivity index (χ3n) is 8.57. The standard InChI is InChI=1S/C29H36N2O6/c1-35-24-13-18(14-25(36-2)26(24)37-3)27(32)31-16-22-21(23(22)17-31)15-30-28(33)29(34,20-11-7-8-12-20)19-9-5-4-6-10-19/h4-6,9-10,13-14,20-23,34H,7-8,11-12,15-17H2,1-3H3,(H,30,33)/t21-,22-,23+,29?. The second-order valence-electron chi connectivity index (χ2n) is 10.4. The summed E-state index contributed by atoms with van der Waals surface area (Å²) in [4.78, 5) is 28.5. The number of hydrogen-bond acceptors (Lipinski definition) is 6. The van der Waals surface area contributed by atoms with Crippen LogP contribution in [0.25, 0.3) is 0 Å². The van der Waals surface area contributed by atoms with Crippen LogP contribution in [0, 0.1) is 23.7 Å². The van der Waals surface area contributed by atoms with Crippen molar-refractivity contribution in [1.29, 1.82) is 0 Å². The molecule has 2 aromatic carbocycles. The van der Waals surface area contributed by atoms with Crippen LogP contribution in [0.15, 0.2) is 42.5 Å². The number of amides is 2. The van der Waals surface area contributed by atoms with Crippen LogP contribution >= 0.6 is 0 Å². The van der Waals surface area contributed by atoms with E-state index in [1.807, 2.05) is 35.2 Å². The van der Waals surface area contributed by atoms with Gasteiger partial charge in [-0.15, -0.1) is 0 Å². The van der Waals surface area contributed by atoms with Crippen molar-refractivity contribution in [3.63, 3.8) is 0 Å². The second-order valence-corrected chi connectivity index (χ2v) is 10.4. The molecule has 0 radical (unpaired) electrons. The lowest BCUT2D eigenvalue weighted by molar-refractivity contribution is -0.147. The molecule has 8 heteroatoms. The first-order valence-electron chi connectivity index (χ1n) is 13.1. The zero-order valence-corrected chi connectivity index (χ0v) is 21.7. The summed E-state index contributed by atoms with van der Waals surface area (Å²) in [5, 5.41) is 14.7. The molecule has 3 fully saturated rings. The van der Waals surface area contributed by atoms with Gasteiger partial charge >= 0.3 is 0 Å². The maximum Gasteiger partial charge on any atom is 0.256 e. The van der Waals surface area contributed by atoms with E-state index in [0.29, 0.717) is 65.8 Å². The second kappa shape index (κ2) is 10.2. The molecule has 2 aromatic rings. The van der Waals surface area contributed by atoms with E-state index in [2.05, 4.69) is 5.32 Å². The quantitative estimate of drug-likeness (QED) is 0.540. The van der Waals surface area contributed by atoms with E-state index in [4.69, 9.17) is 14.2 Å². The van der Waals surface area contributed by atoms with Gasteiger partial charge in [-0.1, -0.05) is 43.2 Å². The maximum absolute atomic E-state index is 13.4. The predicted molar refractivity (Wildman–Crippen MR) is 138 cm³/mol. The van der Waals surface area contributed by atoms with E-state index in [-0.39, 0.29) is 17.7 Å². The Morgan fingerprint density at radius 3 is 2.11 bits per heavy atom. The number of piperidine rings is 1. The lowest BCUT2D eigenvalue weighted by Gasteiger charge is -2.33. The van der Waals surface area contributed by atoms with Crippen LogP contribution in [-0.4, -0.2) is 62.8 Å². The zero-order chi connectivity index (χ0) is 26.2. The van der Waals surface area contributed by atoms with Gasteiger partial charge in [-0.25, -0.2) is 0 Å². The molecule has 198 valence electrons. The van der Waals surface area contributed by atoms with Crippen LogP contribution < -0.4 is 19.5 Å². The van der Waals surface area contributed by atoms with Crippen molar-refractivity contribution in [3.05, 3.63) is 53.6 Å². The monoisotopic (exact) mass is 508 g/mol. The largest absolute Gasteiger partial charge is 0.493 e. The van der Waals surface area contributed by atoms with E-state index >= 15 is 0 Å². The van der Waals surface area contributed by atoms with Gasteiger partial charge in [0, 0.05) is 31.1 Å². The fourth-order valence-corrected chi connectivity index (χ4v) is 6.44. The van der Waals surface area contributed by atoms with Crippen molar-refractivity contribution in [3.8, 4) is 17.2 Å². The van der Waals surface area contributed by atoms with Gasteiger partial charge in [-0.3, -0.25) is 9.59 Å². The average Bonchev–Trinajstić information content (AvgIpc) is 3.33. The molecule has 0 aromatic heterocycles. The molecule has 8 nitrogen and oxygen atoms in total. The number of nitrogens with zero attached hydrogens (tertiary/aromatic N) is 1. The van der Waals surface area contributed by atoms with E-state index in [1.165, 1.54) is 21.3 Å². The van der Waals surface area contributed by atoms with Crippen LogP contribution in [-0.2, 0) is 10.4 Å². The average molecular weight is 509 g/mol. The van der Waals surface area contributed by atoms with Crippen molar-refractivity contribution >= 4 is 11.8 Å². The summed E-state index contributed by atoms with van der Waals surface area (Å²) >= 11 is 0. The van der Waals surface area contributed by atoms with Gasteiger partial charge in [0.05, 0.1) is 21.3 Å². The molecule has 0 spiro atoms. The summed E-state index contributed by atoms with van der Waals surface area (Å²) in [6, 6.07) is 12.7. The van der Waals surface area contributed by atoms with Gasteiger partial charge in [0.2, 0.25) is 5.75 Å². The predicted octanol–water partition coefficient (Wildman–Crippen LogP) is 3.22. The number of benzene rings is 2. The van der Waals surface area contributed by atoms with Crippen LogP contribution in [0.3, 0.4) is 0 Å². The normalized spacial score (nSPS) is 24.2. The SMILES string of the molecule is COc1cc(C(=O)N2C[C@@H]3[C@@H](CNC(=O)C(O)(c4ccccc4)C4CCCC4)[C@@H]3C2)cc(OC)c1OC. The van der Waals surface area contributed by atoms with Gasteiger partial charge in [0.15, 0.2) is 17.1 Å². The molecule has 2 aliphatic carbocycles. The summed E-state index contributed by atoms with van der Waals surface area (Å²) < 4.78 is 16.1.